The number of aromatic hydroxyl groups is 1. The lowest BCUT2D eigenvalue weighted by Gasteiger charge is -2.35. The lowest BCUT2D eigenvalue weighted by molar-refractivity contribution is 0.0240. The zero-order valence-corrected chi connectivity index (χ0v) is 12.2. The topological polar surface area (TPSA) is 65.9 Å². The summed E-state index contributed by atoms with van der Waals surface area (Å²) in [6.07, 6.45) is -0.269. The molecule has 1 aliphatic heterocycles. The van der Waals surface area contributed by atoms with Crippen LogP contribution in [0.2, 0.25) is 0 Å². The second kappa shape index (κ2) is 5.24. The zero-order valence-electron chi connectivity index (χ0n) is 11.4. The highest BCUT2D eigenvalue weighted by Crippen LogP contribution is 2.25. The van der Waals surface area contributed by atoms with Crippen molar-refractivity contribution in [1.82, 2.24) is 9.88 Å². The molecule has 106 valence electrons. The summed E-state index contributed by atoms with van der Waals surface area (Å²) in [5.41, 5.74) is -0.463. The molecule has 0 atom stereocenters. The summed E-state index contributed by atoms with van der Waals surface area (Å²) >= 11 is 1.41. The quantitative estimate of drug-likeness (QED) is 0.853. The molecule has 1 aromatic heterocycles. The van der Waals surface area contributed by atoms with E-state index in [-0.39, 0.29) is 12.0 Å². The third-order valence-electron chi connectivity index (χ3n) is 2.68. The second-order valence-electron chi connectivity index (χ2n) is 5.44. The fourth-order valence-corrected chi connectivity index (χ4v) is 2.55. The lowest BCUT2D eigenvalue weighted by Crippen LogP contribution is -2.50. The molecule has 0 radical (unpaired) electrons. The summed E-state index contributed by atoms with van der Waals surface area (Å²) in [7, 11) is 0. The van der Waals surface area contributed by atoms with E-state index < -0.39 is 5.60 Å². The van der Waals surface area contributed by atoms with Gasteiger partial charge in [-0.05, 0) is 20.8 Å². The molecule has 0 aromatic carbocycles. The van der Waals surface area contributed by atoms with Crippen LogP contribution >= 0.6 is 11.3 Å². The molecule has 1 fully saturated rings. The summed E-state index contributed by atoms with van der Waals surface area (Å²) in [6.45, 7) is 8.20. The molecule has 1 aliphatic rings. The van der Waals surface area contributed by atoms with Gasteiger partial charge in [-0.2, -0.15) is 4.98 Å². The molecular weight excluding hydrogens is 266 g/mol. The summed E-state index contributed by atoms with van der Waals surface area (Å²) in [5.74, 6) is 0.0505. The van der Waals surface area contributed by atoms with Crippen LogP contribution < -0.4 is 4.90 Å². The van der Waals surface area contributed by atoms with E-state index in [9.17, 15) is 9.90 Å². The summed E-state index contributed by atoms with van der Waals surface area (Å²) < 4.78 is 5.34. The molecular formula is C12H19N3O3S. The Kier molecular flexibility index (Phi) is 3.84. The zero-order chi connectivity index (χ0) is 14.0. The Morgan fingerprint density at radius 2 is 2.00 bits per heavy atom. The molecule has 1 amide bonds. The third-order valence-corrected chi connectivity index (χ3v) is 3.57. The van der Waals surface area contributed by atoms with Gasteiger partial charge in [0.2, 0.25) is 5.88 Å². The minimum Gasteiger partial charge on any atom is -0.493 e. The molecule has 0 bridgehead atoms. The van der Waals surface area contributed by atoms with Gasteiger partial charge in [-0.1, -0.05) is 0 Å². The summed E-state index contributed by atoms with van der Waals surface area (Å²) in [6, 6.07) is 0. The summed E-state index contributed by atoms with van der Waals surface area (Å²) in [5, 5.41) is 11.6. The minimum absolute atomic E-state index is 0.0505. The first-order chi connectivity index (χ1) is 8.85. The van der Waals surface area contributed by atoms with E-state index in [0.717, 1.165) is 5.13 Å². The van der Waals surface area contributed by atoms with E-state index in [0.29, 0.717) is 26.2 Å². The molecule has 1 aromatic rings. The normalized spacial score (nSPS) is 16.6. The van der Waals surface area contributed by atoms with Crippen LogP contribution in [0.3, 0.4) is 0 Å². The number of ether oxygens (including phenoxy) is 1. The number of amides is 1. The SMILES string of the molecule is CC(C)(C)OC(=O)N1CCN(c2nc(O)cs2)CC1. The van der Waals surface area contributed by atoms with Crippen molar-refractivity contribution in [3.63, 3.8) is 0 Å². The molecule has 2 heterocycles. The van der Waals surface area contributed by atoms with Crippen molar-refractivity contribution in [3.8, 4) is 5.88 Å². The van der Waals surface area contributed by atoms with Crippen LogP contribution in [0.5, 0.6) is 5.88 Å². The number of carbonyl (C=O) groups is 1. The highest BCUT2D eigenvalue weighted by Gasteiger charge is 2.26. The third kappa shape index (κ3) is 3.73. The van der Waals surface area contributed by atoms with Crippen molar-refractivity contribution in [1.29, 1.82) is 0 Å². The Labute approximate surface area is 116 Å². The Morgan fingerprint density at radius 1 is 1.37 bits per heavy atom. The van der Waals surface area contributed by atoms with Crippen LogP contribution in [0.1, 0.15) is 20.8 Å². The number of carbonyl (C=O) groups excluding carboxylic acids is 1. The van der Waals surface area contributed by atoms with Gasteiger partial charge in [0.05, 0.1) is 5.38 Å². The first kappa shape index (κ1) is 13.9. The molecule has 6 nitrogen and oxygen atoms in total. The number of hydrogen-bond donors (Lipinski definition) is 1. The van der Waals surface area contributed by atoms with Gasteiger partial charge < -0.3 is 19.6 Å². The van der Waals surface area contributed by atoms with Gasteiger partial charge in [0.25, 0.3) is 0 Å². The number of hydrogen-bond acceptors (Lipinski definition) is 6. The fourth-order valence-electron chi connectivity index (χ4n) is 1.81. The number of nitrogens with zero attached hydrogens (tertiary/aromatic N) is 3. The van der Waals surface area contributed by atoms with Crippen LogP contribution in [0.25, 0.3) is 0 Å². The monoisotopic (exact) mass is 285 g/mol. The number of aromatic nitrogens is 1. The van der Waals surface area contributed by atoms with Gasteiger partial charge in [0.1, 0.15) is 5.60 Å². The van der Waals surface area contributed by atoms with Crippen molar-refractivity contribution in [3.05, 3.63) is 5.38 Å². The van der Waals surface area contributed by atoms with Gasteiger partial charge in [0.15, 0.2) is 5.13 Å². The van der Waals surface area contributed by atoms with Gasteiger partial charge >= 0.3 is 6.09 Å². The fraction of sp³-hybridized carbons (Fsp3) is 0.667. The second-order valence-corrected chi connectivity index (χ2v) is 6.28. The Bertz CT molecular complexity index is 447. The van der Waals surface area contributed by atoms with Gasteiger partial charge in [-0.15, -0.1) is 11.3 Å². The Balaban J connectivity index is 1.87. The van der Waals surface area contributed by atoms with Gasteiger partial charge in [-0.25, -0.2) is 4.79 Å². The smallest absolute Gasteiger partial charge is 0.410 e. The molecule has 0 aliphatic carbocycles. The van der Waals surface area contributed by atoms with Gasteiger partial charge in [0, 0.05) is 26.2 Å². The maximum Gasteiger partial charge on any atom is 0.410 e. The number of piperazine rings is 1. The maximum atomic E-state index is 11.9. The summed E-state index contributed by atoms with van der Waals surface area (Å²) in [4.78, 5) is 19.7. The average molecular weight is 285 g/mol. The number of thiazole rings is 1. The molecule has 19 heavy (non-hydrogen) atoms. The average Bonchev–Trinajstić information content (AvgIpc) is 2.74. The Hall–Kier alpha value is -1.50. The largest absolute Gasteiger partial charge is 0.493 e. The van der Waals surface area contributed by atoms with E-state index in [1.54, 1.807) is 10.3 Å². The van der Waals surface area contributed by atoms with E-state index in [1.165, 1.54) is 11.3 Å². The molecule has 2 rings (SSSR count). The van der Waals surface area contributed by atoms with E-state index in [2.05, 4.69) is 9.88 Å². The molecule has 0 saturated carbocycles. The van der Waals surface area contributed by atoms with Crippen molar-refractivity contribution < 1.29 is 14.6 Å². The van der Waals surface area contributed by atoms with E-state index >= 15 is 0 Å². The van der Waals surface area contributed by atoms with Crippen molar-refractivity contribution in [2.45, 2.75) is 26.4 Å². The van der Waals surface area contributed by atoms with E-state index in [4.69, 9.17) is 4.74 Å². The first-order valence-corrected chi connectivity index (χ1v) is 7.10. The van der Waals surface area contributed by atoms with Crippen LogP contribution in [0.4, 0.5) is 9.93 Å². The van der Waals surface area contributed by atoms with Gasteiger partial charge in [-0.3, -0.25) is 0 Å². The molecule has 1 N–H and O–H groups in total. The van der Waals surface area contributed by atoms with Crippen molar-refractivity contribution >= 4 is 22.6 Å². The minimum atomic E-state index is -0.463. The molecule has 1 saturated heterocycles. The number of rotatable bonds is 1. The molecule has 0 unspecified atom stereocenters. The highest BCUT2D eigenvalue weighted by atomic mass is 32.1. The maximum absolute atomic E-state index is 11.9. The first-order valence-electron chi connectivity index (χ1n) is 6.22. The van der Waals surface area contributed by atoms with E-state index in [1.807, 2.05) is 20.8 Å². The van der Waals surface area contributed by atoms with Crippen LogP contribution in [-0.2, 0) is 4.74 Å². The van der Waals surface area contributed by atoms with Crippen LogP contribution in [-0.4, -0.2) is 52.9 Å². The molecule has 0 spiro atoms. The standard InChI is InChI=1S/C12H19N3O3S/c1-12(2,3)18-11(17)15-6-4-14(5-7-15)10-13-9(16)8-19-10/h8,16H,4-7H2,1-3H3. The van der Waals surface area contributed by atoms with Crippen LogP contribution in [0, 0.1) is 0 Å². The molecule has 7 heteroatoms. The lowest BCUT2D eigenvalue weighted by atomic mass is 10.2. The predicted octanol–water partition coefficient (Wildman–Crippen LogP) is 1.91. The predicted molar refractivity (Wildman–Crippen MR) is 73.8 cm³/mol. The van der Waals surface area contributed by atoms with Crippen LogP contribution in [0.15, 0.2) is 5.38 Å². The van der Waals surface area contributed by atoms with Crippen molar-refractivity contribution in [2.75, 3.05) is 31.1 Å². The number of anilines is 1. The Morgan fingerprint density at radius 3 is 2.47 bits per heavy atom. The highest BCUT2D eigenvalue weighted by molar-refractivity contribution is 7.13. The van der Waals surface area contributed by atoms with Crippen molar-refractivity contribution in [2.24, 2.45) is 0 Å².